The van der Waals surface area contributed by atoms with Crippen molar-refractivity contribution < 1.29 is 89.6 Å². The molecule has 0 amide bonds. The Morgan fingerprint density at radius 2 is 0.962 bits per heavy atom. The van der Waals surface area contributed by atoms with Gasteiger partial charge in [-0.1, -0.05) is 0 Å². The third-order valence-corrected chi connectivity index (χ3v) is 7.64. The Kier molecular flexibility index (Phi) is 9.47. The maximum absolute atomic E-state index is 13.8. The second-order valence-electron chi connectivity index (χ2n) is 10.9. The average Bonchev–Trinajstić information content (AvgIpc) is 3.23. The zero-order valence-electron chi connectivity index (χ0n) is 24.7. The van der Waals surface area contributed by atoms with E-state index in [2.05, 4.69) is 0 Å². The molecule has 0 bridgehead atoms. The Morgan fingerprint density at radius 3 is 1.38 bits per heavy atom. The highest BCUT2D eigenvalue weighted by molar-refractivity contribution is 6.08. The lowest BCUT2D eigenvalue weighted by molar-refractivity contribution is -0.246. The summed E-state index contributed by atoms with van der Waals surface area (Å²) in [5.41, 5.74) is -8.89. The van der Waals surface area contributed by atoms with Crippen molar-refractivity contribution in [3.63, 3.8) is 0 Å². The van der Waals surface area contributed by atoms with E-state index in [1.807, 2.05) is 0 Å². The standard InChI is InChI=1S/C16H8F8O2.C16H6F8O2/c2*17-6-3-7(18)5-8(4-6)26-10-2-1-9-11(12(10)14(19)20)13(25)16(23,24)15(9,21)22/h1-5,13-14,25H;1-5,14H. The van der Waals surface area contributed by atoms with E-state index in [4.69, 9.17) is 9.47 Å². The molecular weight excluding hydrogens is 752 g/mol. The van der Waals surface area contributed by atoms with Crippen molar-refractivity contribution in [3.8, 4) is 23.0 Å². The van der Waals surface area contributed by atoms with Crippen molar-refractivity contribution in [2.45, 2.75) is 42.6 Å². The molecule has 2 aliphatic rings. The molecule has 0 spiro atoms. The summed E-state index contributed by atoms with van der Waals surface area (Å²) in [6.45, 7) is 0. The fraction of sp³-hybridized carbons (Fsp3) is 0.219. The minimum atomic E-state index is -5.21. The number of hydrogen-bond acceptors (Lipinski definition) is 4. The van der Waals surface area contributed by atoms with Gasteiger partial charge in [0.05, 0.1) is 11.1 Å². The molecule has 0 saturated carbocycles. The number of hydrogen-bond donors (Lipinski definition) is 1. The minimum absolute atomic E-state index is 0.338. The molecule has 2 aliphatic carbocycles. The maximum Gasteiger partial charge on any atom is 0.376 e. The topological polar surface area (TPSA) is 55.8 Å². The van der Waals surface area contributed by atoms with Gasteiger partial charge in [-0.05, 0) is 24.3 Å². The predicted octanol–water partition coefficient (Wildman–Crippen LogP) is 11.1. The number of alkyl halides is 12. The first-order valence-corrected chi connectivity index (χ1v) is 13.9. The van der Waals surface area contributed by atoms with Crippen molar-refractivity contribution in [2.24, 2.45) is 0 Å². The van der Waals surface area contributed by atoms with Gasteiger partial charge in [-0.3, -0.25) is 4.79 Å². The van der Waals surface area contributed by atoms with Crippen molar-refractivity contribution in [1.29, 1.82) is 0 Å². The van der Waals surface area contributed by atoms with Gasteiger partial charge in [0.1, 0.15) is 46.3 Å². The molecule has 0 radical (unpaired) electrons. The second kappa shape index (κ2) is 12.9. The number of rotatable bonds is 6. The summed E-state index contributed by atoms with van der Waals surface area (Å²) < 4.78 is 225. The summed E-state index contributed by atoms with van der Waals surface area (Å²) in [7, 11) is 0. The molecule has 278 valence electrons. The lowest BCUT2D eigenvalue weighted by atomic mass is 10.0. The molecule has 4 nitrogen and oxygen atoms in total. The van der Waals surface area contributed by atoms with Crippen LogP contribution >= 0.6 is 0 Å². The third kappa shape index (κ3) is 6.15. The Balaban J connectivity index is 0.000000201. The van der Waals surface area contributed by atoms with Gasteiger partial charge in [0.15, 0.2) is 6.10 Å². The molecule has 20 heteroatoms. The van der Waals surface area contributed by atoms with Crippen LogP contribution in [0.15, 0.2) is 60.7 Å². The van der Waals surface area contributed by atoms with Crippen LogP contribution in [-0.2, 0) is 11.8 Å². The van der Waals surface area contributed by atoms with E-state index in [9.17, 15) is 80.1 Å². The molecule has 0 saturated heterocycles. The number of carbonyl (C=O) groups is 1. The molecule has 0 aromatic heterocycles. The third-order valence-electron chi connectivity index (χ3n) is 7.64. The van der Waals surface area contributed by atoms with E-state index in [1.165, 1.54) is 0 Å². The largest absolute Gasteiger partial charge is 0.457 e. The van der Waals surface area contributed by atoms with Crippen LogP contribution in [0.25, 0.3) is 0 Å². The summed E-state index contributed by atoms with van der Waals surface area (Å²) in [6.07, 6.45) is -10.4. The molecule has 0 fully saturated rings. The van der Waals surface area contributed by atoms with Crippen LogP contribution in [0.2, 0.25) is 0 Å². The lowest BCUT2D eigenvalue weighted by Crippen LogP contribution is -2.38. The van der Waals surface area contributed by atoms with Gasteiger partial charge >= 0.3 is 23.7 Å². The summed E-state index contributed by atoms with van der Waals surface area (Å²) in [5, 5.41) is 9.51. The van der Waals surface area contributed by atoms with Crippen molar-refractivity contribution in [2.75, 3.05) is 0 Å². The molecule has 1 atom stereocenters. The molecule has 0 heterocycles. The van der Waals surface area contributed by atoms with Crippen molar-refractivity contribution >= 4 is 5.78 Å². The number of carbonyl (C=O) groups excluding carboxylic acids is 1. The first-order chi connectivity index (χ1) is 23.9. The van der Waals surface area contributed by atoms with Crippen LogP contribution < -0.4 is 9.47 Å². The normalized spacial score (nSPS) is 18.9. The van der Waals surface area contributed by atoms with Crippen molar-refractivity contribution in [3.05, 3.63) is 117 Å². The zero-order chi connectivity index (χ0) is 38.9. The molecule has 4 aromatic rings. The molecule has 0 aliphatic heterocycles. The highest BCUT2D eigenvalue weighted by Crippen LogP contribution is 2.60. The maximum atomic E-state index is 13.8. The Morgan fingerprint density at radius 1 is 0.558 bits per heavy atom. The van der Waals surface area contributed by atoms with Gasteiger partial charge in [-0.15, -0.1) is 0 Å². The van der Waals surface area contributed by atoms with Crippen LogP contribution in [0.3, 0.4) is 0 Å². The molecule has 6 rings (SSSR count). The highest BCUT2D eigenvalue weighted by atomic mass is 19.3. The number of aliphatic hydroxyl groups excluding tert-OH is 1. The zero-order valence-corrected chi connectivity index (χ0v) is 24.7. The Bertz CT molecular complexity index is 2020. The fourth-order valence-corrected chi connectivity index (χ4v) is 5.34. The van der Waals surface area contributed by atoms with Crippen molar-refractivity contribution in [1.82, 2.24) is 0 Å². The van der Waals surface area contributed by atoms with E-state index < -0.39 is 128 Å². The van der Waals surface area contributed by atoms with Crippen LogP contribution in [0.1, 0.15) is 57.1 Å². The second-order valence-corrected chi connectivity index (χ2v) is 10.9. The van der Waals surface area contributed by atoms with E-state index in [0.29, 0.717) is 60.7 Å². The minimum Gasteiger partial charge on any atom is -0.457 e. The number of aliphatic hydroxyl groups is 1. The monoisotopic (exact) mass is 766 g/mol. The van der Waals surface area contributed by atoms with E-state index in [-0.39, 0.29) is 0 Å². The molecule has 1 unspecified atom stereocenters. The number of benzene rings is 4. The molecule has 1 N–H and O–H groups in total. The Labute approximate surface area is 278 Å². The number of ether oxygens (including phenoxy) is 2. The summed E-state index contributed by atoms with van der Waals surface area (Å²) in [5.74, 6) is -30.1. The summed E-state index contributed by atoms with van der Waals surface area (Å²) in [6, 6.07) is 5.13. The molecule has 4 aromatic carbocycles. The van der Waals surface area contributed by atoms with Crippen LogP contribution in [0.4, 0.5) is 70.2 Å². The number of halogens is 16. The average molecular weight is 766 g/mol. The fourth-order valence-electron chi connectivity index (χ4n) is 5.34. The van der Waals surface area contributed by atoms with E-state index >= 15 is 0 Å². The quantitative estimate of drug-likeness (QED) is 0.199. The highest BCUT2D eigenvalue weighted by Gasteiger charge is 2.71. The summed E-state index contributed by atoms with van der Waals surface area (Å²) >= 11 is 0. The van der Waals surface area contributed by atoms with Gasteiger partial charge in [0, 0.05) is 58.7 Å². The van der Waals surface area contributed by atoms with Gasteiger partial charge < -0.3 is 14.6 Å². The number of fused-ring (bicyclic) bond motifs is 2. The van der Waals surface area contributed by atoms with Gasteiger partial charge in [0.25, 0.3) is 12.9 Å². The predicted molar refractivity (Wildman–Crippen MR) is 143 cm³/mol. The SMILES string of the molecule is O=C1c2c(ccc(Oc3cc(F)cc(F)c3)c2C(F)F)C(F)(F)C1(F)F.OC1c2c(ccc(Oc3cc(F)cc(F)c3)c2C(F)F)C(F)(F)C1(F)F. The lowest BCUT2D eigenvalue weighted by Gasteiger charge is -2.21. The van der Waals surface area contributed by atoms with Crippen LogP contribution in [-0.4, -0.2) is 22.7 Å². The molecular formula is C32H14F16O4. The smallest absolute Gasteiger partial charge is 0.376 e. The first kappa shape index (κ1) is 38.2. The molecule has 52 heavy (non-hydrogen) atoms. The van der Waals surface area contributed by atoms with Gasteiger partial charge in [-0.2, -0.15) is 35.1 Å². The Hall–Kier alpha value is -5.01. The van der Waals surface area contributed by atoms with Crippen LogP contribution in [0, 0.1) is 23.3 Å². The summed E-state index contributed by atoms with van der Waals surface area (Å²) in [4.78, 5) is 11.6. The number of ketones is 1. The first-order valence-electron chi connectivity index (χ1n) is 13.9. The number of Topliss-reactive ketones (excluding diaryl/α,β-unsaturated/α-hetero) is 1. The van der Waals surface area contributed by atoms with E-state index in [0.717, 1.165) is 0 Å². The van der Waals surface area contributed by atoms with Crippen LogP contribution in [0.5, 0.6) is 23.0 Å². The van der Waals surface area contributed by atoms with Gasteiger partial charge in [0.2, 0.25) is 5.78 Å². The van der Waals surface area contributed by atoms with Gasteiger partial charge in [-0.25, -0.2) is 35.1 Å². The van der Waals surface area contributed by atoms with E-state index in [1.54, 1.807) is 0 Å².